The molecule has 1 fully saturated rings. The molecule has 4 rings (SSSR count). The number of pyridine rings is 1. The summed E-state index contributed by atoms with van der Waals surface area (Å²) in [6, 6.07) is 16.9. The maximum atomic E-state index is 13.0. The zero-order valence-electron chi connectivity index (χ0n) is 19.6. The monoisotopic (exact) mass is 463 g/mol. The van der Waals surface area contributed by atoms with Crippen LogP contribution in [0.2, 0.25) is 5.02 Å². The Bertz CT molecular complexity index is 1120. The minimum absolute atomic E-state index is 0.0964. The van der Waals surface area contributed by atoms with Gasteiger partial charge >= 0.3 is 0 Å². The minimum atomic E-state index is -0.232. The molecular weight excluding hydrogens is 434 g/mol. The van der Waals surface area contributed by atoms with Gasteiger partial charge in [0, 0.05) is 29.9 Å². The predicted octanol–water partition coefficient (Wildman–Crippen LogP) is 7.75. The number of para-hydroxylation sites is 1. The first-order valence-corrected chi connectivity index (χ1v) is 11.7. The van der Waals surface area contributed by atoms with Crippen LogP contribution < -0.4 is 4.74 Å². The zero-order valence-corrected chi connectivity index (χ0v) is 20.4. The summed E-state index contributed by atoms with van der Waals surface area (Å²) in [4.78, 5) is 17.1. The number of hydrogen-bond donors (Lipinski definition) is 0. The second-order valence-corrected chi connectivity index (χ2v) is 10.4. The molecule has 0 bridgehead atoms. The Hall–Kier alpha value is -2.69. The number of halogens is 1. The Balaban J connectivity index is 1.50. The molecular formula is C28H30ClNO3. The van der Waals surface area contributed by atoms with Crippen LogP contribution in [0.15, 0.2) is 67.0 Å². The van der Waals surface area contributed by atoms with Gasteiger partial charge in [-0.25, -0.2) is 0 Å². The molecule has 1 saturated heterocycles. The molecule has 0 radical (unpaired) electrons. The maximum absolute atomic E-state index is 13.0. The molecule has 0 atom stereocenters. The molecule has 1 aliphatic heterocycles. The smallest absolute Gasteiger partial charge is 0.163 e. The van der Waals surface area contributed by atoms with Gasteiger partial charge < -0.3 is 9.47 Å². The number of carbonyl (C=O) groups excluding carboxylic acids is 1. The molecule has 0 aliphatic carbocycles. The lowest BCUT2D eigenvalue weighted by Gasteiger charge is -2.45. The average Bonchev–Trinajstić information content (AvgIpc) is 2.74. The summed E-state index contributed by atoms with van der Waals surface area (Å²) in [5.41, 5.74) is 2.10. The van der Waals surface area contributed by atoms with Crippen molar-refractivity contribution >= 4 is 17.4 Å². The molecule has 2 aromatic carbocycles. The van der Waals surface area contributed by atoms with E-state index in [1.807, 2.05) is 36.4 Å². The Morgan fingerprint density at radius 2 is 1.67 bits per heavy atom. The zero-order chi connectivity index (χ0) is 23.6. The van der Waals surface area contributed by atoms with Crippen molar-refractivity contribution < 1.29 is 14.3 Å². The number of aromatic nitrogens is 1. The van der Waals surface area contributed by atoms with Gasteiger partial charge in [0.25, 0.3) is 0 Å². The van der Waals surface area contributed by atoms with Crippen molar-refractivity contribution in [2.45, 2.75) is 58.2 Å². The first-order valence-electron chi connectivity index (χ1n) is 11.3. The third-order valence-electron chi connectivity index (χ3n) is 5.94. The van der Waals surface area contributed by atoms with Gasteiger partial charge in [-0.15, -0.1) is 0 Å². The van der Waals surface area contributed by atoms with Crippen molar-refractivity contribution in [3.63, 3.8) is 0 Å². The van der Waals surface area contributed by atoms with E-state index in [1.54, 1.807) is 30.6 Å². The Morgan fingerprint density at radius 1 is 1.00 bits per heavy atom. The highest BCUT2D eigenvalue weighted by Crippen LogP contribution is 2.41. The van der Waals surface area contributed by atoms with E-state index in [0.29, 0.717) is 28.5 Å². The summed E-state index contributed by atoms with van der Waals surface area (Å²) in [5, 5.41) is 0.415. The average molecular weight is 464 g/mol. The van der Waals surface area contributed by atoms with Crippen molar-refractivity contribution in [3.8, 4) is 22.6 Å². The lowest BCUT2D eigenvalue weighted by molar-refractivity contribution is -0.171. The van der Waals surface area contributed by atoms with Gasteiger partial charge in [0.2, 0.25) is 0 Å². The molecule has 0 saturated carbocycles. The van der Waals surface area contributed by atoms with Crippen molar-refractivity contribution in [1.29, 1.82) is 0 Å². The molecule has 4 nitrogen and oxygen atoms in total. The summed E-state index contributed by atoms with van der Waals surface area (Å²) in [5.74, 6) is 1.58. The number of carbonyl (C=O) groups is 1. The molecule has 172 valence electrons. The second kappa shape index (κ2) is 9.28. The number of benzene rings is 2. The SMILES string of the molecule is CC1(C)CC(CC(=O)c2ccc(Oc3ccccc3-c3ccncc3)c(Cl)c2)CC(C)(C)O1. The molecule has 1 aliphatic rings. The standard InChI is InChI=1S/C28H30ClNO3/c1-27(2)17-19(18-28(3,4)33-27)15-24(31)21-9-10-26(23(29)16-21)32-25-8-6-5-7-22(25)20-11-13-30-14-12-20/h5-14,16,19H,15,17-18H2,1-4H3. The van der Waals surface area contributed by atoms with Gasteiger partial charge in [-0.3, -0.25) is 9.78 Å². The third kappa shape index (κ3) is 5.82. The van der Waals surface area contributed by atoms with Gasteiger partial charge in [-0.2, -0.15) is 0 Å². The Morgan fingerprint density at radius 3 is 2.33 bits per heavy atom. The van der Waals surface area contributed by atoms with E-state index < -0.39 is 0 Å². The van der Waals surface area contributed by atoms with Gasteiger partial charge in [0.15, 0.2) is 5.78 Å². The first-order chi connectivity index (χ1) is 15.6. The number of ether oxygens (including phenoxy) is 2. The van der Waals surface area contributed by atoms with Gasteiger partial charge in [0.05, 0.1) is 16.2 Å². The summed E-state index contributed by atoms with van der Waals surface area (Å²) >= 11 is 6.55. The molecule has 0 unspecified atom stereocenters. The van der Waals surface area contributed by atoms with Crippen LogP contribution in [0.4, 0.5) is 0 Å². The van der Waals surface area contributed by atoms with Crippen LogP contribution in [0.5, 0.6) is 11.5 Å². The van der Waals surface area contributed by atoms with E-state index >= 15 is 0 Å². The molecule has 1 aromatic heterocycles. The number of Topliss-reactive ketones (excluding diaryl/α,β-unsaturated/α-hetero) is 1. The van der Waals surface area contributed by atoms with Crippen LogP contribution in [-0.4, -0.2) is 22.0 Å². The topological polar surface area (TPSA) is 48.4 Å². The van der Waals surface area contributed by atoms with Crippen LogP contribution in [-0.2, 0) is 4.74 Å². The number of nitrogens with zero attached hydrogens (tertiary/aromatic N) is 1. The molecule has 0 amide bonds. The fourth-order valence-corrected chi connectivity index (χ4v) is 5.24. The molecule has 0 spiro atoms. The highest BCUT2D eigenvalue weighted by molar-refractivity contribution is 6.32. The lowest BCUT2D eigenvalue weighted by Crippen LogP contribution is -2.45. The highest BCUT2D eigenvalue weighted by Gasteiger charge is 2.39. The predicted molar refractivity (Wildman–Crippen MR) is 132 cm³/mol. The number of rotatable bonds is 6. The number of hydrogen-bond acceptors (Lipinski definition) is 4. The van der Waals surface area contributed by atoms with Crippen molar-refractivity contribution in [2.75, 3.05) is 0 Å². The summed E-state index contributed by atoms with van der Waals surface area (Å²) in [6.45, 7) is 8.38. The van der Waals surface area contributed by atoms with Gasteiger partial charge in [0.1, 0.15) is 11.5 Å². The fraction of sp³-hybridized carbons (Fsp3) is 0.357. The van der Waals surface area contributed by atoms with E-state index in [1.165, 1.54) is 0 Å². The third-order valence-corrected chi connectivity index (χ3v) is 6.23. The molecule has 5 heteroatoms. The van der Waals surface area contributed by atoms with Crippen LogP contribution in [0.1, 0.15) is 57.3 Å². The van der Waals surface area contributed by atoms with E-state index in [4.69, 9.17) is 21.1 Å². The second-order valence-electron chi connectivity index (χ2n) is 10.0. The first kappa shape index (κ1) is 23.5. The van der Waals surface area contributed by atoms with Gasteiger partial charge in [-0.05, 0) is 88.4 Å². The number of ketones is 1. The van der Waals surface area contributed by atoms with E-state index in [-0.39, 0.29) is 22.9 Å². The largest absolute Gasteiger partial charge is 0.455 e. The van der Waals surface area contributed by atoms with Crippen molar-refractivity contribution in [2.24, 2.45) is 5.92 Å². The Kier molecular flexibility index (Phi) is 6.60. The molecule has 2 heterocycles. The summed E-state index contributed by atoms with van der Waals surface area (Å²) < 4.78 is 12.3. The molecule has 33 heavy (non-hydrogen) atoms. The van der Waals surface area contributed by atoms with Crippen LogP contribution in [0.25, 0.3) is 11.1 Å². The summed E-state index contributed by atoms with van der Waals surface area (Å²) in [6.07, 6.45) is 5.71. The lowest BCUT2D eigenvalue weighted by atomic mass is 9.78. The van der Waals surface area contributed by atoms with Gasteiger partial charge in [-0.1, -0.05) is 29.8 Å². The molecule has 3 aromatic rings. The normalized spacial score (nSPS) is 17.5. The van der Waals surface area contributed by atoms with E-state index in [9.17, 15) is 4.79 Å². The quantitative estimate of drug-likeness (QED) is 0.350. The fourth-order valence-electron chi connectivity index (χ4n) is 5.02. The van der Waals surface area contributed by atoms with E-state index in [0.717, 1.165) is 24.0 Å². The van der Waals surface area contributed by atoms with Crippen molar-refractivity contribution in [3.05, 3.63) is 77.6 Å². The van der Waals surface area contributed by atoms with Crippen LogP contribution in [0.3, 0.4) is 0 Å². The molecule has 0 N–H and O–H groups in total. The van der Waals surface area contributed by atoms with Crippen molar-refractivity contribution in [1.82, 2.24) is 4.98 Å². The summed E-state index contributed by atoms with van der Waals surface area (Å²) in [7, 11) is 0. The Labute approximate surface area is 200 Å². The maximum Gasteiger partial charge on any atom is 0.163 e. The van der Waals surface area contributed by atoms with Crippen LogP contribution in [0, 0.1) is 5.92 Å². The minimum Gasteiger partial charge on any atom is -0.455 e. The van der Waals surface area contributed by atoms with E-state index in [2.05, 4.69) is 32.7 Å². The van der Waals surface area contributed by atoms with Crippen LogP contribution >= 0.6 is 11.6 Å². The highest BCUT2D eigenvalue weighted by atomic mass is 35.5.